The Kier molecular flexibility index (Phi) is 6.43. The van der Waals surface area contributed by atoms with Crippen LogP contribution in [0.25, 0.3) is 0 Å². The van der Waals surface area contributed by atoms with Crippen LogP contribution in [0.1, 0.15) is 38.5 Å². The lowest BCUT2D eigenvalue weighted by Gasteiger charge is -2.22. The van der Waals surface area contributed by atoms with E-state index in [0.717, 1.165) is 32.2 Å². The molecule has 0 bridgehead atoms. The molecule has 102 valence electrons. The molecule has 0 radical (unpaired) electrons. The van der Waals surface area contributed by atoms with Crippen LogP contribution in [0.5, 0.6) is 0 Å². The molecular formula is C13H22N2O3. The van der Waals surface area contributed by atoms with Gasteiger partial charge < -0.3 is 15.7 Å². The predicted molar refractivity (Wildman–Crippen MR) is 69.3 cm³/mol. The van der Waals surface area contributed by atoms with E-state index in [4.69, 9.17) is 5.11 Å². The number of carbonyl (C=O) groups excluding carboxylic acids is 1. The maximum absolute atomic E-state index is 12.0. The first-order valence-corrected chi connectivity index (χ1v) is 6.52. The van der Waals surface area contributed by atoms with Crippen molar-refractivity contribution in [1.82, 2.24) is 10.6 Å². The second-order valence-electron chi connectivity index (χ2n) is 4.63. The molecule has 1 saturated heterocycles. The maximum Gasteiger partial charge on any atom is 0.326 e. The molecule has 1 heterocycles. The molecule has 1 aliphatic heterocycles. The highest BCUT2D eigenvalue weighted by Crippen LogP contribution is 2.10. The Labute approximate surface area is 108 Å². The fourth-order valence-electron chi connectivity index (χ4n) is 2.09. The summed E-state index contributed by atoms with van der Waals surface area (Å²) in [4.78, 5) is 22.9. The summed E-state index contributed by atoms with van der Waals surface area (Å²) >= 11 is 0. The molecule has 2 atom stereocenters. The van der Waals surface area contributed by atoms with Crippen molar-refractivity contribution in [2.24, 2.45) is 0 Å². The molecule has 0 aromatic heterocycles. The number of carboxylic acids is 1. The van der Waals surface area contributed by atoms with E-state index in [1.54, 1.807) is 0 Å². The summed E-state index contributed by atoms with van der Waals surface area (Å²) in [7, 11) is 0. The molecule has 1 aliphatic rings. The van der Waals surface area contributed by atoms with E-state index >= 15 is 0 Å². The van der Waals surface area contributed by atoms with Gasteiger partial charge in [-0.1, -0.05) is 25.3 Å². The van der Waals surface area contributed by atoms with Crippen molar-refractivity contribution in [1.29, 1.82) is 0 Å². The lowest BCUT2D eigenvalue weighted by atomic mass is 10.0. The van der Waals surface area contributed by atoms with Gasteiger partial charge in [-0.25, -0.2) is 4.79 Å². The third-order valence-corrected chi connectivity index (χ3v) is 3.14. The van der Waals surface area contributed by atoms with Gasteiger partial charge in [0.1, 0.15) is 6.04 Å². The topological polar surface area (TPSA) is 78.4 Å². The lowest BCUT2D eigenvalue weighted by molar-refractivity contribution is -0.142. The van der Waals surface area contributed by atoms with Crippen molar-refractivity contribution in [3.63, 3.8) is 0 Å². The van der Waals surface area contributed by atoms with Crippen LogP contribution in [0.15, 0.2) is 12.7 Å². The van der Waals surface area contributed by atoms with E-state index < -0.39 is 12.0 Å². The van der Waals surface area contributed by atoms with Gasteiger partial charge in [0.05, 0.1) is 6.04 Å². The smallest absolute Gasteiger partial charge is 0.326 e. The van der Waals surface area contributed by atoms with Gasteiger partial charge in [-0.2, -0.15) is 0 Å². The quantitative estimate of drug-likeness (QED) is 0.641. The third kappa shape index (κ3) is 4.87. The standard InChI is InChI=1S/C13H22N2O3/c1-2-7-11(13(17)18)15-12(16)10-8-5-3-4-6-9-14-10/h2,10-11,14H,1,3-9H2,(H,15,16)(H,17,18). The van der Waals surface area contributed by atoms with Crippen molar-refractivity contribution in [3.8, 4) is 0 Å². The highest BCUT2D eigenvalue weighted by Gasteiger charge is 2.24. The number of hydrogen-bond acceptors (Lipinski definition) is 3. The van der Waals surface area contributed by atoms with Crippen LogP contribution >= 0.6 is 0 Å². The summed E-state index contributed by atoms with van der Waals surface area (Å²) in [6.07, 6.45) is 6.92. The van der Waals surface area contributed by atoms with Gasteiger partial charge in [0.25, 0.3) is 0 Å². The van der Waals surface area contributed by atoms with Gasteiger partial charge >= 0.3 is 5.97 Å². The Bertz CT molecular complexity index is 297. The normalized spacial score (nSPS) is 22.3. The van der Waals surface area contributed by atoms with Crippen molar-refractivity contribution >= 4 is 11.9 Å². The number of amides is 1. The molecule has 0 spiro atoms. The Morgan fingerprint density at radius 3 is 2.78 bits per heavy atom. The van der Waals surface area contributed by atoms with Crippen molar-refractivity contribution in [2.45, 2.75) is 50.6 Å². The van der Waals surface area contributed by atoms with E-state index in [1.165, 1.54) is 12.5 Å². The van der Waals surface area contributed by atoms with Gasteiger partial charge in [-0.3, -0.25) is 4.79 Å². The molecule has 5 nitrogen and oxygen atoms in total. The first-order valence-electron chi connectivity index (χ1n) is 6.52. The highest BCUT2D eigenvalue weighted by atomic mass is 16.4. The summed E-state index contributed by atoms with van der Waals surface area (Å²) in [6.45, 7) is 4.32. The van der Waals surface area contributed by atoms with Gasteiger partial charge in [0.2, 0.25) is 5.91 Å². The number of hydrogen-bond donors (Lipinski definition) is 3. The molecule has 0 saturated carbocycles. The summed E-state index contributed by atoms with van der Waals surface area (Å²) in [5.74, 6) is -1.24. The summed E-state index contributed by atoms with van der Waals surface area (Å²) in [5, 5.41) is 14.7. The Hall–Kier alpha value is -1.36. The van der Waals surface area contributed by atoms with E-state index in [0.29, 0.717) is 0 Å². The van der Waals surface area contributed by atoms with Crippen LogP contribution in [0.2, 0.25) is 0 Å². The number of carbonyl (C=O) groups is 2. The first kappa shape index (κ1) is 14.7. The van der Waals surface area contributed by atoms with Gasteiger partial charge in [0, 0.05) is 0 Å². The molecule has 0 aliphatic carbocycles. The molecule has 0 aromatic carbocycles. The van der Waals surface area contributed by atoms with Gasteiger partial charge in [0.15, 0.2) is 0 Å². The van der Waals surface area contributed by atoms with Crippen molar-refractivity contribution < 1.29 is 14.7 Å². The van der Waals surface area contributed by atoms with Crippen LogP contribution in [-0.2, 0) is 9.59 Å². The van der Waals surface area contributed by atoms with E-state index in [2.05, 4.69) is 17.2 Å². The minimum Gasteiger partial charge on any atom is -0.480 e. The molecule has 1 amide bonds. The van der Waals surface area contributed by atoms with Crippen molar-refractivity contribution in [2.75, 3.05) is 6.54 Å². The Morgan fingerprint density at radius 2 is 2.11 bits per heavy atom. The van der Waals surface area contributed by atoms with Crippen LogP contribution in [-0.4, -0.2) is 35.6 Å². The third-order valence-electron chi connectivity index (χ3n) is 3.14. The number of aliphatic carboxylic acids is 1. The fraction of sp³-hybridized carbons (Fsp3) is 0.692. The van der Waals surface area contributed by atoms with E-state index in [-0.39, 0.29) is 18.4 Å². The maximum atomic E-state index is 12.0. The van der Waals surface area contributed by atoms with Crippen LogP contribution in [0.4, 0.5) is 0 Å². The zero-order valence-corrected chi connectivity index (χ0v) is 10.7. The molecule has 2 unspecified atom stereocenters. The molecule has 5 heteroatoms. The zero-order valence-electron chi connectivity index (χ0n) is 10.7. The van der Waals surface area contributed by atoms with E-state index in [1.807, 2.05) is 0 Å². The molecule has 1 fully saturated rings. The minimum absolute atomic E-state index is 0.217. The molecular weight excluding hydrogens is 232 g/mol. The summed E-state index contributed by atoms with van der Waals surface area (Å²) in [6, 6.07) is -1.14. The van der Waals surface area contributed by atoms with Gasteiger partial charge in [-0.15, -0.1) is 6.58 Å². The average molecular weight is 254 g/mol. The Balaban J connectivity index is 2.50. The predicted octanol–water partition coefficient (Wildman–Crippen LogP) is 1.05. The minimum atomic E-state index is -1.02. The molecule has 0 aromatic rings. The second-order valence-corrected chi connectivity index (χ2v) is 4.63. The monoisotopic (exact) mass is 254 g/mol. The lowest BCUT2D eigenvalue weighted by Crippen LogP contribution is -2.50. The number of carboxylic acid groups (broad SMARTS) is 1. The fourth-order valence-corrected chi connectivity index (χ4v) is 2.09. The largest absolute Gasteiger partial charge is 0.480 e. The van der Waals surface area contributed by atoms with E-state index in [9.17, 15) is 9.59 Å². The molecule has 3 N–H and O–H groups in total. The highest BCUT2D eigenvalue weighted by molar-refractivity contribution is 5.87. The van der Waals surface area contributed by atoms with Crippen molar-refractivity contribution in [3.05, 3.63) is 12.7 Å². The first-order chi connectivity index (χ1) is 8.65. The summed E-state index contributed by atoms with van der Waals surface area (Å²) in [5.41, 5.74) is 0. The second kappa shape index (κ2) is 7.87. The van der Waals surface area contributed by atoms with Crippen LogP contribution in [0.3, 0.4) is 0 Å². The summed E-state index contributed by atoms with van der Waals surface area (Å²) < 4.78 is 0. The average Bonchev–Trinajstić information content (AvgIpc) is 2.27. The van der Waals surface area contributed by atoms with Crippen LogP contribution in [0, 0.1) is 0 Å². The van der Waals surface area contributed by atoms with Crippen LogP contribution < -0.4 is 10.6 Å². The molecule has 18 heavy (non-hydrogen) atoms. The Morgan fingerprint density at radius 1 is 1.39 bits per heavy atom. The zero-order chi connectivity index (χ0) is 13.4. The molecule has 1 rings (SSSR count). The SMILES string of the molecule is C=CCC(NC(=O)C1CCCCCCN1)C(=O)O. The van der Waals surface area contributed by atoms with Gasteiger partial charge in [-0.05, 0) is 25.8 Å². The number of nitrogens with one attached hydrogen (secondary N) is 2. The number of rotatable bonds is 5.